The van der Waals surface area contributed by atoms with Gasteiger partial charge in [-0.05, 0) is 35.4 Å². The smallest absolute Gasteiger partial charge is 0.232 e. The first kappa shape index (κ1) is 17.2. The number of hydrogen-bond donors (Lipinski definition) is 0. The van der Waals surface area contributed by atoms with Gasteiger partial charge < -0.3 is 14.4 Å². The van der Waals surface area contributed by atoms with Crippen molar-refractivity contribution < 1.29 is 14.3 Å². The molecule has 0 fully saturated rings. The van der Waals surface area contributed by atoms with Gasteiger partial charge in [0.1, 0.15) is 0 Å². The molecule has 0 spiro atoms. The lowest BCUT2D eigenvalue weighted by Gasteiger charge is -2.17. The molecule has 3 rings (SSSR count). The summed E-state index contributed by atoms with van der Waals surface area (Å²) in [4.78, 5) is 14.0. The molecule has 2 aromatic rings. The van der Waals surface area contributed by atoms with Crippen LogP contribution < -0.4 is 9.47 Å². The van der Waals surface area contributed by atoms with Crippen LogP contribution in [0.25, 0.3) is 0 Å². The average molecular weight is 354 g/mol. The molecule has 0 bridgehead atoms. The van der Waals surface area contributed by atoms with E-state index in [4.69, 9.17) is 14.7 Å². The quantitative estimate of drug-likeness (QED) is 0.797. The zero-order valence-electron chi connectivity index (χ0n) is 13.9. The number of ether oxygens (including phenoxy) is 2. The first-order valence-corrected chi connectivity index (χ1v) is 9.00. The Morgan fingerprint density at radius 1 is 1.16 bits per heavy atom. The second-order valence-electron chi connectivity index (χ2n) is 5.74. The maximum atomic E-state index is 12.3. The summed E-state index contributed by atoms with van der Waals surface area (Å²) in [6.07, 6.45) is 0. The van der Waals surface area contributed by atoms with E-state index in [1.807, 2.05) is 30.3 Å². The van der Waals surface area contributed by atoms with Crippen molar-refractivity contribution in [3.05, 3.63) is 59.2 Å². The van der Waals surface area contributed by atoms with Crippen molar-refractivity contribution in [2.75, 3.05) is 19.6 Å². The zero-order chi connectivity index (χ0) is 17.6. The Balaban J connectivity index is 1.46. The van der Waals surface area contributed by atoms with Crippen molar-refractivity contribution >= 4 is 17.7 Å². The molecule has 25 heavy (non-hydrogen) atoms. The Hall–Kier alpha value is -2.65. The minimum atomic E-state index is 0.0799. The minimum absolute atomic E-state index is 0.0799. The van der Waals surface area contributed by atoms with E-state index in [1.54, 1.807) is 35.8 Å². The third-order valence-electron chi connectivity index (χ3n) is 3.86. The molecule has 5 nitrogen and oxygen atoms in total. The fourth-order valence-electron chi connectivity index (χ4n) is 2.44. The highest BCUT2D eigenvalue weighted by Crippen LogP contribution is 2.32. The van der Waals surface area contributed by atoms with E-state index in [9.17, 15) is 4.79 Å². The summed E-state index contributed by atoms with van der Waals surface area (Å²) in [6, 6.07) is 15.3. The molecule has 0 saturated carbocycles. The van der Waals surface area contributed by atoms with Crippen LogP contribution in [0.4, 0.5) is 0 Å². The van der Waals surface area contributed by atoms with Crippen molar-refractivity contribution in [1.29, 1.82) is 5.26 Å². The normalized spacial score (nSPS) is 11.8. The third-order valence-corrected chi connectivity index (χ3v) is 4.85. The van der Waals surface area contributed by atoms with Gasteiger partial charge in [0.15, 0.2) is 11.5 Å². The van der Waals surface area contributed by atoms with Gasteiger partial charge in [0.05, 0.1) is 17.4 Å². The lowest BCUT2D eigenvalue weighted by atomic mass is 10.2. The van der Waals surface area contributed by atoms with E-state index < -0.39 is 0 Å². The van der Waals surface area contributed by atoms with Gasteiger partial charge in [-0.2, -0.15) is 5.26 Å². The molecule has 0 saturated heterocycles. The van der Waals surface area contributed by atoms with Crippen molar-refractivity contribution in [3.63, 3.8) is 0 Å². The van der Waals surface area contributed by atoms with E-state index in [0.717, 1.165) is 28.4 Å². The summed E-state index contributed by atoms with van der Waals surface area (Å²) in [5.41, 5.74) is 2.76. The second kappa shape index (κ2) is 7.95. The fraction of sp³-hybridized carbons (Fsp3) is 0.263. The van der Waals surface area contributed by atoms with Crippen LogP contribution in [0.1, 0.15) is 16.7 Å². The number of nitrogens with zero attached hydrogens (tertiary/aromatic N) is 2. The number of amides is 1. The minimum Gasteiger partial charge on any atom is -0.454 e. The largest absolute Gasteiger partial charge is 0.454 e. The monoisotopic (exact) mass is 354 g/mol. The Labute approximate surface area is 151 Å². The number of thioether (sulfide) groups is 1. The molecule has 0 N–H and O–H groups in total. The van der Waals surface area contributed by atoms with Gasteiger partial charge in [0, 0.05) is 19.3 Å². The van der Waals surface area contributed by atoms with Gasteiger partial charge >= 0.3 is 0 Å². The topological polar surface area (TPSA) is 62.6 Å². The maximum Gasteiger partial charge on any atom is 0.232 e. The van der Waals surface area contributed by atoms with Crippen LogP contribution in [-0.2, 0) is 17.1 Å². The molecule has 1 aliphatic heterocycles. The van der Waals surface area contributed by atoms with Crippen molar-refractivity contribution in [2.24, 2.45) is 0 Å². The Bertz CT molecular complexity index is 799. The first-order chi connectivity index (χ1) is 12.2. The van der Waals surface area contributed by atoms with E-state index >= 15 is 0 Å². The molecule has 0 radical (unpaired) electrons. The average Bonchev–Trinajstić information content (AvgIpc) is 3.10. The third kappa shape index (κ3) is 4.46. The molecule has 0 unspecified atom stereocenters. The van der Waals surface area contributed by atoms with Crippen LogP contribution >= 0.6 is 11.8 Å². The van der Waals surface area contributed by atoms with Gasteiger partial charge in [-0.15, -0.1) is 11.8 Å². The molecule has 128 valence electrons. The summed E-state index contributed by atoms with van der Waals surface area (Å²) >= 11 is 1.57. The highest BCUT2D eigenvalue weighted by atomic mass is 32.2. The SMILES string of the molecule is CN(Cc1ccc2c(c1)OCO2)C(=O)CSCc1ccc(C#N)cc1. The van der Waals surface area contributed by atoms with Crippen LogP contribution in [0.15, 0.2) is 42.5 Å². The number of hydrogen-bond acceptors (Lipinski definition) is 5. The van der Waals surface area contributed by atoms with Gasteiger partial charge in [-0.25, -0.2) is 0 Å². The summed E-state index contributed by atoms with van der Waals surface area (Å²) in [5, 5.41) is 8.79. The number of nitriles is 1. The molecule has 1 aliphatic rings. The molecular weight excluding hydrogens is 336 g/mol. The standard InChI is InChI=1S/C19H18N2O3S/c1-21(10-16-6-7-17-18(8-16)24-13-23-17)19(22)12-25-11-15-4-2-14(9-20)3-5-15/h2-8H,10-13H2,1H3. The molecular formula is C19H18N2O3S. The number of rotatable bonds is 6. The Morgan fingerprint density at radius 3 is 2.64 bits per heavy atom. The van der Waals surface area contributed by atoms with E-state index in [2.05, 4.69) is 6.07 Å². The van der Waals surface area contributed by atoms with Crippen LogP contribution in [-0.4, -0.2) is 30.4 Å². The summed E-state index contributed by atoms with van der Waals surface area (Å²) in [5.74, 6) is 2.72. The van der Waals surface area contributed by atoms with Crippen LogP contribution in [0.2, 0.25) is 0 Å². The van der Waals surface area contributed by atoms with Gasteiger partial charge in [-0.3, -0.25) is 4.79 Å². The zero-order valence-corrected chi connectivity index (χ0v) is 14.7. The number of benzene rings is 2. The number of carbonyl (C=O) groups excluding carboxylic acids is 1. The number of fused-ring (bicyclic) bond motifs is 1. The molecule has 0 atom stereocenters. The van der Waals surface area contributed by atoms with Crippen molar-refractivity contribution in [1.82, 2.24) is 4.90 Å². The predicted molar refractivity (Wildman–Crippen MR) is 96.4 cm³/mol. The maximum absolute atomic E-state index is 12.3. The summed E-state index contributed by atoms with van der Waals surface area (Å²) in [6.45, 7) is 0.784. The van der Waals surface area contributed by atoms with Crippen LogP contribution in [0.3, 0.4) is 0 Å². The molecule has 1 heterocycles. The molecule has 0 aliphatic carbocycles. The van der Waals surface area contributed by atoms with Crippen molar-refractivity contribution in [3.8, 4) is 17.6 Å². The first-order valence-electron chi connectivity index (χ1n) is 7.85. The van der Waals surface area contributed by atoms with E-state index in [-0.39, 0.29) is 12.7 Å². The van der Waals surface area contributed by atoms with Gasteiger partial charge in [-0.1, -0.05) is 18.2 Å². The molecule has 2 aromatic carbocycles. The van der Waals surface area contributed by atoms with Gasteiger partial charge in [0.25, 0.3) is 0 Å². The van der Waals surface area contributed by atoms with Crippen molar-refractivity contribution in [2.45, 2.75) is 12.3 Å². The Morgan fingerprint density at radius 2 is 1.88 bits per heavy atom. The van der Waals surface area contributed by atoms with Crippen LogP contribution in [0, 0.1) is 11.3 Å². The second-order valence-corrected chi connectivity index (χ2v) is 6.72. The highest BCUT2D eigenvalue weighted by molar-refractivity contribution is 7.99. The number of carbonyl (C=O) groups is 1. The van der Waals surface area contributed by atoms with E-state index in [1.165, 1.54) is 0 Å². The van der Waals surface area contributed by atoms with Gasteiger partial charge in [0.2, 0.25) is 12.7 Å². The fourth-order valence-corrected chi connectivity index (χ4v) is 3.37. The Kier molecular flexibility index (Phi) is 5.46. The molecule has 6 heteroatoms. The lowest BCUT2D eigenvalue weighted by molar-refractivity contribution is -0.127. The molecule has 1 amide bonds. The van der Waals surface area contributed by atoms with E-state index in [0.29, 0.717) is 17.9 Å². The van der Waals surface area contributed by atoms with Crippen LogP contribution in [0.5, 0.6) is 11.5 Å². The lowest BCUT2D eigenvalue weighted by Crippen LogP contribution is -2.27. The predicted octanol–water partition coefficient (Wildman–Crippen LogP) is 3.18. The molecule has 0 aromatic heterocycles. The summed E-state index contributed by atoms with van der Waals surface area (Å²) < 4.78 is 10.7. The highest BCUT2D eigenvalue weighted by Gasteiger charge is 2.15. The summed E-state index contributed by atoms with van der Waals surface area (Å²) in [7, 11) is 1.80.